The fourth-order valence-corrected chi connectivity index (χ4v) is 5.83. The van der Waals surface area contributed by atoms with Gasteiger partial charge in [-0.05, 0) is 49.2 Å². The molecule has 2 aliphatic heterocycles. The zero-order valence-electron chi connectivity index (χ0n) is 17.0. The van der Waals surface area contributed by atoms with Crippen molar-refractivity contribution >= 4 is 27.3 Å². The molecule has 1 amide bonds. The fourth-order valence-electron chi connectivity index (χ4n) is 4.33. The maximum atomic E-state index is 13.6. The van der Waals surface area contributed by atoms with Gasteiger partial charge in [-0.15, -0.1) is 0 Å². The van der Waals surface area contributed by atoms with Gasteiger partial charge in [0.05, 0.1) is 17.1 Å². The molecule has 2 heterocycles. The van der Waals surface area contributed by atoms with Crippen molar-refractivity contribution in [2.45, 2.75) is 30.4 Å². The number of hydrogen-bond acceptors (Lipinski definition) is 4. The standard InChI is InChI=1S/C24H22N2O4S/c1-17-15-18-9-5-6-12-20(18)26(17)24(27)23-16-25(21-13-7-8-14-22(21)30-23)31(28,29)19-10-3-2-4-11-19/h2-14,17,23H,15-16H2,1H3/t17-,23-/m1/s1. The average molecular weight is 435 g/mol. The van der Waals surface area contributed by atoms with Crippen LogP contribution in [-0.4, -0.2) is 33.0 Å². The van der Waals surface area contributed by atoms with Crippen molar-refractivity contribution in [1.82, 2.24) is 0 Å². The lowest BCUT2D eigenvalue weighted by Gasteiger charge is -2.37. The lowest BCUT2D eigenvalue weighted by molar-refractivity contribution is -0.125. The summed E-state index contributed by atoms with van der Waals surface area (Å²) < 4.78 is 34.2. The largest absolute Gasteiger partial charge is 0.476 e. The quantitative estimate of drug-likeness (QED) is 0.632. The van der Waals surface area contributed by atoms with Crippen LogP contribution >= 0.6 is 0 Å². The summed E-state index contributed by atoms with van der Waals surface area (Å²) in [6.07, 6.45) is -0.181. The highest BCUT2D eigenvalue weighted by Gasteiger charge is 2.42. The zero-order valence-corrected chi connectivity index (χ0v) is 17.8. The summed E-state index contributed by atoms with van der Waals surface area (Å²) in [6.45, 7) is 1.91. The van der Waals surface area contributed by atoms with Crippen molar-refractivity contribution in [2.24, 2.45) is 0 Å². The van der Waals surface area contributed by atoms with Gasteiger partial charge in [-0.2, -0.15) is 0 Å². The number of ether oxygens (including phenoxy) is 1. The number of fused-ring (bicyclic) bond motifs is 2. The number of amides is 1. The topological polar surface area (TPSA) is 66.9 Å². The predicted molar refractivity (Wildman–Crippen MR) is 119 cm³/mol. The van der Waals surface area contributed by atoms with Gasteiger partial charge in [0.2, 0.25) is 0 Å². The number of nitrogens with zero attached hydrogens (tertiary/aromatic N) is 2. The van der Waals surface area contributed by atoms with Gasteiger partial charge in [0.15, 0.2) is 6.10 Å². The molecule has 0 spiro atoms. The summed E-state index contributed by atoms with van der Waals surface area (Å²) in [4.78, 5) is 15.5. The van der Waals surface area contributed by atoms with Crippen LogP contribution in [-0.2, 0) is 21.2 Å². The van der Waals surface area contributed by atoms with Gasteiger partial charge in [-0.25, -0.2) is 8.42 Å². The number of anilines is 2. The second-order valence-corrected chi connectivity index (χ2v) is 9.68. The second-order valence-electron chi connectivity index (χ2n) is 7.81. The van der Waals surface area contributed by atoms with Crippen molar-refractivity contribution in [3.8, 4) is 5.75 Å². The van der Waals surface area contributed by atoms with E-state index in [2.05, 4.69) is 0 Å². The number of hydrogen-bond donors (Lipinski definition) is 0. The molecule has 7 heteroatoms. The van der Waals surface area contributed by atoms with E-state index in [4.69, 9.17) is 4.74 Å². The molecule has 2 atom stereocenters. The number of rotatable bonds is 3. The van der Waals surface area contributed by atoms with Crippen molar-refractivity contribution in [2.75, 3.05) is 15.7 Å². The molecule has 0 saturated heterocycles. The number of para-hydroxylation sites is 3. The highest BCUT2D eigenvalue weighted by Crippen LogP contribution is 2.39. The van der Waals surface area contributed by atoms with E-state index in [1.54, 1.807) is 59.5 Å². The van der Waals surface area contributed by atoms with Gasteiger partial charge in [-0.3, -0.25) is 9.10 Å². The minimum Gasteiger partial charge on any atom is -0.476 e. The van der Waals surface area contributed by atoms with E-state index >= 15 is 0 Å². The lowest BCUT2D eigenvalue weighted by Crippen LogP contribution is -2.53. The summed E-state index contributed by atoms with van der Waals surface area (Å²) in [5, 5.41) is 0. The Morgan fingerprint density at radius 2 is 1.55 bits per heavy atom. The predicted octanol–water partition coefficient (Wildman–Crippen LogP) is 3.62. The molecule has 6 nitrogen and oxygen atoms in total. The van der Waals surface area contributed by atoms with Gasteiger partial charge in [0.1, 0.15) is 5.75 Å². The van der Waals surface area contributed by atoms with Crippen molar-refractivity contribution in [1.29, 1.82) is 0 Å². The van der Waals surface area contributed by atoms with Gasteiger partial charge in [-0.1, -0.05) is 48.5 Å². The Morgan fingerprint density at radius 3 is 2.32 bits per heavy atom. The average Bonchev–Trinajstić information content (AvgIpc) is 3.14. The normalized spacial score (nSPS) is 20.0. The third kappa shape index (κ3) is 3.25. The Hall–Kier alpha value is -3.32. The van der Waals surface area contributed by atoms with Crippen LogP contribution in [0.15, 0.2) is 83.8 Å². The van der Waals surface area contributed by atoms with Crippen LogP contribution in [0.5, 0.6) is 5.75 Å². The van der Waals surface area contributed by atoms with Crippen LogP contribution in [0.3, 0.4) is 0 Å². The monoisotopic (exact) mass is 434 g/mol. The maximum absolute atomic E-state index is 13.6. The first-order valence-corrected chi connectivity index (χ1v) is 11.7. The summed E-state index contributed by atoms with van der Waals surface area (Å²) in [6, 6.07) is 23.0. The molecule has 0 unspecified atom stereocenters. The van der Waals surface area contributed by atoms with Crippen LogP contribution in [0, 0.1) is 0 Å². The second kappa shape index (κ2) is 7.42. The van der Waals surface area contributed by atoms with Crippen LogP contribution < -0.4 is 13.9 Å². The fraction of sp³-hybridized carbons (Fsp3) is 0.208. The summed E-state index contributed by atoms with van der Waals surface area (Å²) >= 11 is 0. The van der Waals surface area contributed by atoms with Crippen LogP contribution in [0.2, 0.25) is 0 Å². The van der Waals surface area contributed by atoms with Crippen LogP contribution in [0.25, 0.3) is 0 Å². The third-order valence-corrected chi connectivity index (χ3v) is 7.58. The Balaban J connectivity index is 1.53. The van der Waals surface area contributed by atoms with Crippen LogP contribution in [0.1, 0.15) is 12.5 Å². The Bertz CT molecular complexity index is 1240. The maximum Gasteiger partial charge on any atom is 0.270 e. The highest BCUT2D eigenvalue weighted by molar-refractivity contribution is 7.92. The van der Waals surface area contributed by atoms with Crippen molar-refractivity contribution < 1.29 is 17.9 Å². The molecule has 3 aromatic carbocycles. The van der Waals surface area contributed by atoms with E-state index in [0.29, 0.717) is 11.4 Å². The summed E-state index contributed by atoms with van der Waals surface area (Å²) in [7, 11) is -3.86. The van der Waals surface area contributed by atoms with Crippen LogP contribution in [0.4, 0.5) is 11.4 Å². The van der Waals surface area contributed by atoms with Gasteiger partial charge >= 0.3 is 0 Å². The number of benzene rings is 3. The first-order chi connectivity index (χ1) is 15.0. The van der Waals surface area contributed by atoms with E-state index in [9.17, 15) is 13.2 Å². The third-order valence-electron chi connectivity index (χ3n) is 5.79. The lowest BCUT2D eigenvalue weighted by atomic mass is 10.1. The first kappa shape index (κ1) is 19.6. The SMILES string of the molecule is C[C@@H]1Cc2ccccc2N1C(=O)[C@H]1CN(S(=O)(=O)c2ccccc2)c2ccccc2O1. The zero-order chi connectivity index (χ0) is 21.6. The molecule has 0 N–H and O–H groups in total. The number of carbonyl (C=O) groups is 1. The molecule has 3 aromatic rings. The Labute approximate surface area is 181 Å². The molecule has 0 aliphatic carbocycles. The van der Waals surface area contributed by atoms with E-state index < -0.39 is 16.1 Å². The Morgan fingerprint density at radius 1 is 0.903 bits per heavy atom. The molecule has 0 saturated carbocycles. The molecule has 5 rings (SSSR count). The van der Waals surface area contributed by atoms with E-state index in [1.165, 1.54) is 4.31 Å². The van der Waals surface area contributed by atoms with E-state index in [1.807, 2.05) is 31.2 Å². The summed E-state index contributed by atoms with van der Waals surface area (Å²) in [5.41, 5.74) is 2.40. The molecular formula is C24H22N2O4S. The number of sulfonamides is 1. The Kier molecular flexibility index (Phi) is 4.70. The smallest absolute Gasteiger partial charge is 0.270 e. The van der Waals surface area contributed by atoms with Crippen molar-refractivity contribution in [3.05, 3.63) is 84.4 Å². The van der Waals surface area contributed by atoms with Gasteiger partial charge in [0, 0.05) is 11.7 Å². The molecule has 0 aromatic heterocycles. The molecule has 31 heavy (non-hydrogen) atoms. The first-order valence-electron chi connectivity index (χ1n) is 10.2. The van der Waals surface area contributed by atoms with E-state index in [0.717, 1.165) is 17.7 Å². The van der Waals surface area contributed by atoms with E-state index in [-0.39, 0.29) is 23.4 Å². The minimum atomic E-state index is -3.86. The molecule has 158 valence electrons. The molecule has 0 radical (unpaired) electrons. The molecular weight excluding hydrogens is 412 g/mol. The molecule has 2 aliphatic rings. The highest BCUT2D eigenvalue weighted by atomic mass is 32.2. The molecule has 0 fully saturated rings. The number of carbonyl (C=O) groups excluding carboxylic acids is 1. The van der Waals surface area contributed by atoms with Gasteiger partial charge in [0.25, 0.3) is 15.9 Å². The molecule has 0 bridgehead atoms. The van der Waals surface area contributed by atoms with Gasteiger partial charge < -0.3 is 9.64 Å². The summed E-state index contributed by atoms with van der Waals surface area (Å²) in [5.74, 6) is 0.145. The minimum absolute atomic E-state index is 0.0233. The van der Waals surface area contributed by atoms with Crippen molar-refractivity contribution in [3.63, 3.8) is 0 Å².